The van der Waals surface area contributed by atoms with Gasteiger partial charge in [0.1, 0.15) is 0 Å². The van der Waals surface area contributed by atoms with Crippen molar-refractivity contribution in [3.8, 4) is 0 Å². The van der Waals surface area contributed by atoms with Crippen LogP contribution in [0.15, 0.2) is 30.3 Å². The van der Waals surface area contributed by atoms with Crippen molar-refractivity contribution < 1.29 is 17.5 Å². The summed E-state index contributed by atoms with van der Waals surface area (Å²) in [7, 11) is 0. The molecule has 0 aliphatic carbocycles. The Balaban J connectivity index is -0.000000116. The molecular formula is C8H10ClMgO-. The minimum atomic E-state index is 0. The first kappa shape index (κ1) is 17.4. The van der Waals surface area contributed by atoms with Crippen LogP contribution in [0, 0.1) is 6.07 Å². The average molecular weight is 182 g/mol. The first-order chi connectivity index (χ1) is 4.41. The van der Waals surface area contributed by atoms with E-state index in [1.807, 2.05) is 30.3 Å². The Morgan fingerprint density at radius 3 is 1.64 bits per heavy atom. The van der Waals surface area contributed by atoms with E-state index in [2.05, 4.69) is 6.07 Å². The number of hydrogen-bond donors (Lipinski definition) is 0. The van der Waals surface area contributed by atoms with Crippen molar-refractivity contribution in [3.63, 3.8) is 0 Å². The van der Waals surface area contributed by atoms with Crippen LogP contribution in [0.3, 0.4) is 0 Å². The minimum Gasteiger partial charge on any atom is -1.00 e. The second-order valence-electron chi connectivity index (χ2n) is 1.37. The van der Waals surface area contributed by atoms with Crippen molar-refractivity contribution in [2.24, 2.45) is 0 Å². The normalized spacial score (nSPS) is 6.00. The van der Waals surface area contributed by atoms with Gasteiger partial charge in [-0.3, -0.25) is 0 Å². The molecule has 0 spiro atoms. The molecule has 0 saturated heterocycles. The Morgan fingerprint density at radius 1 is 1.18 bits per heavy atom. The smallest absolute Gasteiger partial charge is 1.00 e. The maximum atomic E-state index is 8.93. The van der Waals surface area contributed by atoms with E-state index in [1.54, 1.807) is 6.92 Å². The first-order valence-corrected chi connectivity index (χ1v) is 2.91. The van der Waals surface area contributed by atoms with E-state index in [-0.39, 0.29) is 42.1 Å². The van der Waals surface area contributed by atoms with Crippen molar-refractivity contribution in [3.05, 3.63) is 36.4 Å². The summed E-state index contributed by atoms with van der Waals surface area (Å²) in [5.41, 5.74) is 0. The fraction of sp³-hybridized carbons (Fsp3) is 0.250. The number of hydrogen-bond acceptors (Lipinski definition) is 1. The quantitative estimate of drug-likeness (QED) is 0.320. The van der Waals surface area contributed by atoms with Crippen molar-refractivity contribution in [2.45, 2.75) is 6.92 Å². The zero-order valence-electron chi connectivity index (χ0n) is 6.59. The second kappa shape index (κ2) is 16.7. The monoisotopic (exact) mass is 181 g/mol. The van der Waals surface area contributed by atoms with Gasteiger partial charge in [-0.1, -0.05) is 6.92 Å². The van der Waals surface area contributed by atoms with Gasteiger partial charge < -0.3 is 17.5 Å². The van der Waals surface area contributed by atoms with Gasteiger partial charge in [0.25, 0.3) is 0 Å². The van der Waals surface area contributed by atoms with E-state index in [0.717, 1.165) is 0 Å². The summed E-state index contributed by atoms with van der Waals surface area (Å²) < 4.78 is 0. The Kier molecular flexibility index (Phi) is 26.3. The van der Waals surface area contributed by atoms with E-state index in [9.17, 15) is 0 Å². The van der Waals surface area contributed by atoms with Gasteiger partial charge in [0.15, 0.2) is 0 Å². The fourth-order valence-corrected chi connectivity index (χ4v) is 0.342. The first-order valence-electron chi connectivity index (χ1n) is 2.91. The van der Waals surface area contributed by atoms with Gasteiger partial charge in [0, 0.05) is 0 Å². The van der Waals surface area contributed by atoms with Crippen molar-refractivity contribution in [1.82, 2.24) is 0 Å². The molecule has 0 atom stereocenters. The zero-order valence-corrected chi connectivity index (χ0v) is 8.76. The summed E-state index contributed by atoms with van der Waals surface area (Å²) in [6, 6.07) is 12.5. The molecule has 0 amide bonds. The fourth-order valence-electron chi connectivity index (χ4n) is 0.342. The maximum absolute atomic E-state index is 8.93. The Labute approximate surface area is 90.4 Å². The van der Waals surface area contributed by atoms with Gasteiger partial charge in [0.2, 0.25) is 0 Å². The molecule has 0 saturated carbocycles. The number of halogens is 1. The maximum Gasteiger partial charge on any atom is 2.00 e. The number of rotatable bonds is 0. The van der Waals surface area contributed by atoms with Crippen LogP contribution < -0.4 is 17.5 Å². The van der Waals surface area contributed by atoms with Crippen molar-refractivity contribution in [2.75, 3.05) is 6.61 Å². The summed E-state index contributed by atoms with van der Waals surface area (Å²) >= 11 is 0. The molecule has 0 unspecified atom stereocenters. The van der Waals surface area contributed by atoms with Gasteiger partial charge in [-0.25, -0.2) is 0 Å². The van der Waals surface area contributed by atoms with Crippen molar-refractivity contribution in [1.29, 1.82) is 0 Å². The minimum absolute atomic E-state index is 0. The molecule has 1 rings (SSSR count). The van der Waals surface area contributed by atoms with Crippen LogP contribution in [-0.4, -0.2) is 29.7 Å². The largest absolute Gasteiger partial charge is 2.00 e. The van der Waals surface area contributed by atoms with Gasteiger partial charge in [-0.05, 0) is 0 Å². The van der Waals surface area contributed by atoms with Crippen LogP contribution in [0.2, 0.25) is 0 Å². The Bertz CT molecular complexity index is 96.9. The van der Waals surface area contributed by atoms with Gasteiger partial charge >= 0.3 is 23.1 Å². The van der Waals surface area contributed by atoms with Gasteiger partial charge in [0.05, 0.1) is 0 Å². The van der Waals surface area contributed by atoms with Crippen LogP contribution in [0.25, 0.3) is 0 Å². The van der Waals surface area contributed by atoms with Crippen LogP contribution in [0.4, 0.5) is 0 Å². The Hall–Kier alpha value is 0.236. The predicted octanol–water partition coefficient (Wildman–Crippen LogP) is -2.52. The summed E-state index contributed by atoms with van der Waals surface area (Å²) in [5.74, 6) is 0. The third kappa shape index (κ3) is 17.9. The molecule has 0 fully saturated rings. The molecule has 1 aromatic carbocycles. The standard InChI is InChI=1S/C6H5.C2H5O.ClH.Mg/c1-2-4-6-5-3-1;1-2-3;;/h1-5H;2H2,1H3;1H;/q2*-1;;+2/p-1. The molecule has 0 aliphatic rings. The molecule has 11 heavy (non-hydrogen) atoms. The molecule has 0 radical (unpaired) electrons. The molecule has 0 aromatic heterocycles. The predicted molar refractivity (Wildman–Crippen MR) is 41.6 cm³/mol. The topological polar surface area (TPSA) is 23.1 Å². The molecule has 0 heterocycles. The third-order valence-electron chi connectivity index (χ3n) is 0.607. The summed E-state index contributed by atoms with van der Waals surface area (Å²) in [6.45, 7) is 1.57. The van der Waals surface area contributed by atoms with Crippen LogP contribution in [0.5, 0.6) is 0 Å². The van der Waals surface area contributed by atoms with Crippen LogP contribution in [-0.2, 0) is 0 Å². The van der Waals surface area contributed by atoms with Crippen LogP contribution in [0.1, 0.15) is 6.92 Å². The van der Waals surface area contributed by atoms with E-state index in [1.165, 1.54) is 0 Å². The molecule has 0 N–H and O–H groups in total. The van der Waals surface area contributed by atoms with Crippen LogP contribution >= 0.6 is 0 Å². The molecular weight excluding hydrogens is 172 g/mol. The van der Waals surface area contributed by atoms with E-state index < -0.39 is 0 Å². The number of benzene rings is 1. The molecule has 1 nitrogen and oxygen atoms in total. The van der Waals surface area contributed by atoms with E-state index in [0.29, 0.717) is 0 Å². The third-order valence-corrected chi connectivity index (χ3v) is 0.607. The van der Waals surface area contributed by atoms with E-state index >= 15 is 0 Å². The molecule has 3 heteroatoms. The molecule has 0 aliphatic heterocycles. The summed E-state index contributed by atoms with van der Waals surface area (Å²) in [5, 5.41) is 8.93. The molecule has 58 valence electrons. The zero-order chi connectivity index (χ0) is 6.95. The summed E-state index contributed by atoms with van der Waals surface area (Å²) in [6.07, 6.45) is 0. The van der Waals surface area contributed by atoms with Gasteiger partial charge in [-0.15, -0.1) is 6.61 Å². The average Bonchev–Trinajstić information content (AvgIpc) is 1.93. The Morgan fingerprint density at radius 2 is 1.55 bits per heavy atom. The summed E-state index contributed by atoms with van der Waals surface area (Å²) in [4.78, 5) is 0. The van der Waals surface area contributed by atoms with Gasteiger partial charge in [-0.2, -0.15) is 36.4 Å². The van der Waals surface area contributed by atoms with E-state index in [4.69, 9.17) is 5.11 Å². The molecule has 1 aromatic rings. The molecule has 0 bridgehead atoms. The second-order valence-corrected chi connectivity index (χ2v) is 1.37. The van der Waals surface area contributed by atoms with Crippen molar-refractivity contribution >= 4 is 23.1 Å². The SMILES string of the molecule is CC[O-].[Cl-].[Mg+2].[c-]1ccccc1.